The zero-order chi connectivity index (χ0) is 26.4. The predicted molar refractivity (Wildman–Crippen MR) is 137 cm³/mol. The quantitative estimate of drug-likeness (QED) is 0.355. The van der Waals surface area contributed by atoms with E-state index in [2.05, 4.69) is 22.2 Å². The number of unbranched alkanes of at least 4 members (excludes halogenated alkanes) is 1. The highest BCUT2D eigenvalue weighted by Gasteiger charge is 2.39. The van der Waals surface area contributed by atoms with Crippen LogP contribution in [0.2, 0.25) is 0 Å². The third-order valence-corrected chi connectivity index (χ3v) is 7.10. The van der Waals surface area contributed by atoms with E-state index in [1.165, 1.54) is 26.0 Å². The fraction of sp³-hybridized carbons (Fsp3) is 0.464. The summed E-state index contributed by atoms with van der Waals surface area (Å²) in [5.74, 6) is -4.40. The standard InChI is InChI=1S/C28H33F3N4O/c1-7-8-10-19-20-13-23-21(14-24(20)35(6)27(19)36)26(34-17(5)33-23)32-16(4)18-11-9-12-22(25(18)29)28(30,31)15(2)3/h9,11-16,19H,7-8,10H2,1-6H3,(H,32,33,34)/t16-,19?/m1/s1. The van der Waals surface area contributed by atoms with E-state index in [4.69, 9.17) is 0 Å². The van der Waals surface area contributed by atoms with Gasteiger partial charge in [0.1, 0.15) is 17.5 Å². The summed E-state index contributed by atoms with van der Waals surface area (Å²) in [6, 6.07) is 7.29. The maximum absolute atomic E-state index is 15.3. The lowest BCUT2D eigenvalue weighted by Gasteiger charge is -2.24. The highest BCUT2D eigenvalue weighted by molar-refractivity contribution is 6.08. The van der Waals surface area contributed by atoms with Crippen LogP contribution in [0.25, 0.3) is 10.9 Å². The second-order valence-electron chi connectivity index (χ2n) is 9.99. The van der Waals surface area contributed by atoms with Crippen molar-refractivity contribution in [2.24, 2.45) is 5.92 Å². The summed E-state index contributed by atoms with van der Waals surface area (Å²) in [6.07, 6.45) is 2.74. The first-order chi connectivity index (χ1) is 17.0. The van der Waals surface area contributed by atoms with Crippen LogP contribution in [-0.4, -0.2) is 22.9 Å². The van der Waals surface area contributed by atoms with Crippen molar-refractivity contribution in [1.29, 1.82) is 0 Å². The number of amides is 1. The van der Waals surface area contributed by atoms with Crippen molar-refractivity contribution >= 4 is 28.3 Å². The van der Waals surface area contributed by atoms with E-state index in [0.717, 1.165) is 36.6 Å². The molecule has 2 aromatic carbocycles. The lowest BCUT2D eigenvalue weighted by Crippen LogP contribution is -2.24. The zero-order valence-electron chi connectivity index (χ0n) is 21.6. The zero-order valence-corrected chi connectivity index (χ0v) is 21.6. The van der Waals surface area contributed by atoms with Crippen LogP contribution in [0.3, 0.4) is 0 Å². The number of anilines is 2. The first-order valence-electron chi connectivity index (χ1n) is 12.5. The Hall–Kier alpha value is -3.16. The molecule has 1 N–H and O–H groups in total. The van der Waals surface area contributed by atoms with Gasteiger partial charge in [-0.25, -0.2) is 23.1 Å². The van der Waals surface area contributed by atoms with Crippen LogP contribution in [0, 0.1) is 18.7 Å². The molecular weight excluding hydrogens is 465 g/mol. The number of hydrogen-bond donors (Lipinski definition) is 1. The van der Waals surface area contributed by atoms with Crippen molar-refractivity contribution in [3.63, 3.8) is 0 Å². The second kappa shape index (κ2) is 9.71. The highest BCUT2D eigenvalue weighted by Crippen LogP contribution is 2.43. The number of benzene rings is 2. The molecule has 1 aromatic heterocycles. The first-order valence-corrected chi connectivity index (χ1v) is 12.5. The van der Waals surface area contributed by atoms with E-state index >= 15 is 4.39 Å². The van der Waals surface area contributed by atoms with Crippen LogP contribution in [0.4, 0.5) is 24.7 Å². The number of nitrogens with zero attached hydrogens (tertiary/aromatic N) is 3. The largest absolute Gasteiger partial charge is 0.363 e. The Kier molecular flexibility index (Phi) is 6.99. The Bertz CT molecular complexity index is 1310. The number of aryl methyl sites for hydroxylation is 1. The third-order valence-electron chi connectivity index (χ3n) is 7.10. The topological polar surface area (TPSA) is 58.1 Å². The normalized spacial score (nSPS) is 16.7. The number of fused-ring (bicyclic) bond motifs is 2. The van der Waals surface area contributed by atoms with E-state index in [-0.39, 0.29) is 17.4 Å². The van der Waals surface area contributed by atoms with E-state index in [0.29, 0.717) is 22.5 Å². The molecule has 1 aliphatic rings. The highest BCUT2D eigenvalue weighted by atomic mass is 19.3. The molecule has 0 aliphatic carbocycles. The third kappa shape index (κ3) is 4.42. The van der Waals surface area contributed by atoms with Gasteiger partial charge in [0.25, 0.3) is 5.92 Å². The molecule has 36 heavy (non-hydrogen) atoms. The molecule has 8 heteroatoms. The van der Waals surface area contributed by atoms with Gasteiger partial charge in [0.2, 0.25) is 5.91 Å². The Balaban J connectivity index is 1.75. The number of aromatic nitrogens is 2. The Morgan fingerprint density at radius 1 is 1.17 bits per heavy atom. The number of halogens is 3. The van der Waals surface area contributed by atoms with Gasteiger partial charge in [-0.2, -0.15) is 0 Å². The molecule has 0 saturated heterocycles. The van der Waals surface area contributed by atoms with Gasteiger partial charge in [-0.05, 0) is 38.0 Å². The van der Waals surface area contributed by atoms with E-state index in [9.17, 15) is 13.6 Å². The van der Waals surface area contributed by atoms with Crippen molar-refractivity contribution in [2.45, 2.75) is 71.8 Å². The van der Waals surface area contributed by atoms with Gasteiger partial charge in [0, 0.05) is 29.6 Å². The summed E-state index contributed by atoms with van der Waals surface area (Å²) >= 11 is 0. The molecule has 2 heterocycles. The van der Waals surface area contributed by atoms with Gasteiger partial charge >= 0.3 is 0 Å². The summed E-state index contributed by atoms with van der Waals surface area (Å²) in [6.45, 7) is 8.32. The number of nitrogens with one attached hydrogen (secondary N) is 1. The molecule has 0 bridgehead atoms. The van der Waals surface area contributed by atoms with Gasteiger partial charge in [0.15, 0.2) is 0 Å². The number of carbonyl (C=O) groups is 1. The summed E-state index contributed by atoms with van der Waals surface area (Å²) in [4.78, 5) is 23.7. The minimum absolute atomic E-state index is 0.0614. The minimum Gasteiger partial charge on any atom is -0.363 e. The number of hydrogen-bond acceptors (Lipinski definition) is 4. The van der Waals surface area contributed by atoms with Crippen molar-refractivity contribution in [3.05, 3.63) is 58.7 Å². The lowest BCUT2D eigenvalue weighted by molar-refractivity contribution is -0.119. The van der Waals surface area contributed by atoms with Crippen LogP contribution >= 0.6 is 0 Å². The predicted octanol–water partition coefficient (Wildman–Crippen LogP) is 7.25. The number of alkyl halides is 2. The molecule has 0 fully saturated rings. The average Bonchev–Trinajstić information content (AvgIpc) is 3.05. The summed E-state index contributed by atoms with van der Waals surface area (Å²) in [7, 11) is 1.76. The van der Waals surface area contributed by atoms with Crippen LogP contribution in [0.1, 0.15) is 81.4 Å². The SMILES string of the molecule is CCCCC1C(=O)N(C)c2cc3c(N[C@H](C)c4cccc(C(F)(F)C(C)C)c4F)nc(C)nc3cc21. The molecule has 3 aromatic rings. The number of likely N-dealkylation sites (N-methyl/N-ethyl adjacent to an activating group) is 1. The Morgan fingerprint density at radius 3 is 2.56 bits per heavy atom. The molecule has 1 amide bonds. The van der Waals surface area contributed by atoms with Gasteiger partial charge in [-0.3, -0.25) is 4.79 Å². The van der Waals surface area contributed by atoms with Crippen LogP contribution in [-0.2, 0) is 10.7 Å². The van der Waals surface area contributed by atoms with Crippen molar-refractivity contribution in [2.75, 3.05) is 17.3 Å². The van der Waals surface area contributed by atoms with E-state index in [1.807, 2.05) is 12.1 Å². The molecule has 192 valence electrons. The van der Waals surface area contributed by atoms with Gasteiger partial charge < -0.3 is 10.2 Å². The monoisotopic (exact) mass is 498 g/mol. The van der Waals surface area contributed by atoms with Crippen LogP contribution in [0.5, 0.6) is 0 Å². The molecular formula is C28H33F3N4O. The van der Waals surface area contributed by atoms with Crippen molar-refractivity contribution in [3.8, 4) is 0 Å². The Labute approximate surface area is 210 Å². The van der Waals surface area contributed by atoms with Crippen molar-refractivity contribution in [1.82, 2.24) is 9.97 Å². The van der Waals surface area contributed by atoms with Crippen LogP contribution in [0.15, 0.2) is 30.3 Å². The summed E-state index contributed by atoms with van der Waals surface area (Å²) in [5, 5.41) is 3.90. The maximum Gasteiger partial charge on any atom is 0.278 e. The average molecular weight is 499 g/mol. The van der Waals surface area contributed by atoms with Gasteiger partial charge in [0.05, 0.1) is 23.0 Å². The van der Waals surface area contributed by atoms with Gasteiger partial charge in [-0.15, -0.1) is 0 Å². The maximum atomic E-state index is 15.3. The summed E-state index contributed by atoms with van der Waals surface area (Å²) in [5.41, 5.74) is 1.96. The second-order valence-corrected chi connectivity index (χ2v) is 9.99. The van der Waals surface area contributed by atoms with Crippen molar-refractivity contribution < 1.29 is 18.0 Å². The van der Waals surface area contributed by atoms with E-state index in [1.54, 1.807) is 25.8 Å². The lowest BCUT2D eigenvalue weighted by atomic mass is 9.93. The number of rotatable bonds is 8. The van der Waals surface area contributed by atoms with E-state index < -0.39 is 29.3 Å². The fourth-order valence-electron chi connectivity index (χ4n) is 4.88. The molecule has 1 aliphatic heterocycles. The minimum atomic E-state index is -3.29. The molecule has 4 rings (SSSR count). The molecule has 1 unspecified atom stereocenters. The molecule has 5 nitrogen and oxygen atoms in total. The summed E-state index contributed by atoms with van der Waals surface area (Å²) < 4.78 is 44.6. The molecule has 0 saturated carbocycles. The Morgan fingerprint density at radius 2 is 1.89 bits per heavy atom. The fourth-order valence-corrected chi connectivity index (χ4v) is 4.88. The molecule has 2 atom stereocenters. The van der Waals surface area contributed by atoms with Crippen LogP contribution < -0.4 is 10.2 Å². The number of carbonyl (C=O) groups excluding carboxylic acids is 1. The van der Waals surface area contributed by atoms with Gasteiger partial charge in [-0.1, -0.05) is 51.8 Å². The first kappa shape index (κ1) is 25.9. The smallest absolute Gasteiger partial charge is 0.278 e. The molecule has 0 radical (unpaired) electrons. The molecule has 0 spiro atoms.